The first-order valence-electron chi connectivity index (χ1n) is 7.51. The lowest BCUT2D eigenvalue weighted by Gasteiger charge is -2.47. The standard InChI is InChI=1S/C14H22F3NO3/c15-14(16,17)9-21-8-7-18-11-4-2-1-3-10(11)5-6-12(18)13(19)20/h10-12H,1-9H2,(H,19,20). The monoisotopic (exact) mass is 309 g/mol. The normalized spacial score (nSPS) is 30.9. The predicted octanol–water partition coefficient (Wildman–Crippen LogP) is 2.67. The van der Waals surface area contributed by atoms with E-state index in [1.165, 1.54) is 0 Å². The molecule has 21 heavy (non-hydrogen) atoms. The first kappa shape index (κ1) is 16.5. The van der Waals surface area contributed by atoms with Crippen molar-refractivity contribution in [2.75, 3.05) is 19.8 Å². The number of halogens is 3. The van der Waals surface area contributed by atoms with Gasteiger partial charge in [-0.2, -0.15) is 13.2 Å². The molecule has 1 saturated heterocycles. The van der Waals surface area contributed by atoms with E-state index in [0.717, 1.165) is 32.1 Å². The molecule has 0 amide bonds. The number of ether oxygens (including phenoxy) is 1. The van der Waals surface area contributed by atoms with Gasteiger partial charge in [0, 0.05) is 12.6 Å². The lowest BCUT2D eigenvalue weighted by Crippen LogP contribution is -2.56. The van der Waals surface area contributed by atoms with Gasteiger partial charge in [0.2, 0.25) is 0 Å². The molecule has 1 aliphatic carbocycles. The number of alkyl halides is 3. The van der Waals surface area contributed by atoms with Crippen molar-refractivity contribution in [1.29, 1.82) is 0 Å². The lowest BCUT2D eigenvalue weighted by molar-refractivity contribution is -0.177. The first-order valence-corrected chi connectivity index (χ1v) is 7.51. The van der Waals surface area contributed by atoms with Gasteiger partial charge < -0.3 is 9.84 Å². The number of carboxylic acids is 1. The molecular formula is C14H22F3NO3. The minimum atomic E-state index is -4.33. The summed E-state index contributed by atoms with van der Waals surface area (Å²) in [6.07, 6.45) is 1.41. The second kappa shape index (κ2) is 6.96. The van der Waals surface area contributed by atoms with Crippen molar-refractivity contribution in [3.63, 3.8) is 0 Å². The maximum atomic E-state index is 12.1. The van der Waals surface area contributed by atoms with Crippen molar-refractivity contribution in [2.24, 2.45) is 5.92 Å². The molecule has 1 aliphatic heterocycles. The molecule has 0 aromatic carbocycles. The van der Waals surface area contributed by atoms with Gasteiger partial charge in [0.15, 0.2) is 0 Å². The van der Waals surface area contributed by atoms with E-state index < -0.39 is 24.8 Å². The molecule has 2 aliphatic rings. The minimum absolute atomic E-state index is 0.0769. The Morgan fingerprint density at radius 3 is 2.57 bits per heavy atom. The van der Waals surface area contributed by atoms with Gasteiger partial charge in [0.05, 0.1) is 6.61 Å². The Bertz CT molecular complexity index is 362. The van der Waals surface area contributed by atoms with E-state index in [2.05, 4.69) is 4.74 Å². The molecule has 0 radical (unpaired) electrons. The van der Waals surface area contributed by atoms with Gasteiger partial charge in [-0.15, -0.1) is 0 Å². The fourth-order valence-electron chi connectivity index (χ4n) is 3.68. The zero-order chi connectivity index (χ0) is 15.5. The van der Waals surface area contributed by atoms with Crippen LogP contribution in [0, 0.1) is 5.92 Å². The zero-order valence-electron chi connectivity index (χ0n) is 11.9. The van der Waals surface area contributed by atoms with Crippen LogP contribution in [-0.4, -0.2) is 54.0 Å². The number of piperidine rings is 1. The van der Waals surface area contributed by atoms with Crippen LogP contribution in [0.1, 0.15) is 38.5 Å². The Hall–Kier alpha value is -0.820. The fraction of sp³-hybridized carbons (Fsp3) is 0.929. The summed E-state index contributed by atoms with van der Waals surface area (Å²) >= 11 is 0. The second-order valence-electron chi connectivity index (χ2n) is 5.95. The number of rotatable bonds is 5. The van der Waals surface area contributed by atoms with Crippen molar-refractivity contribution in [2.45, 2.75) is 56.8 Å². The highest BCUT2D eigenvalue weighted by molar-refractivity contribution is 5.73. The molecule has 0 spiro atoms. The summed E-state index contributed by atoms with van der Waals surface area (Å²) in [6, 6.07) is -0.401. The van der Waals surface area contributed by atoms with E-state index in [-0.39, 0.29) is 19.2 Å². The number of nitrogens with zero attached hydrogens (tertiary/aromatic N) is 1. The fourth-order valence-corrected chi connectivity index (χ4v) is 3.68. The van der Waals surface area contributed by atoms with Gasteiger partial charge in [-0.25, -0.2) is 0 Å². The highest BCUT2D eigenvalue weighted by Crippen LogP contribution is 2.37. The minimum Gasteiger partial charge on any atom is -0.480 e. The van der Waals surface area contributed by atoms with Crippen LogP contribution >= 0.6 is 0 Å². The van der Waals surface area contributed by atoms with Crippen LogP contribution in [0.25, 0.3) is 0 Å². The molecule has 4 nitrogen and oxygen atoms in total. The van der Waals surface area contributed by atoms with Crippen molar-refractivity contribution in [3.8, 4) is 0 Å². The van der Waals surface area contributed by atoms with Gasteiger partial charge in [0.1, 0.15) is 12.6 Å². The Balaban J connectivity index is 1.91. The number of hydrogen-bond acceptors (Lipinski definition) is 3. The quantitative estimate of drug-likeness (QED) is 0.793. The van der Waals surface area contributed by atoms with Crippen LogP contribution in [0.2, 0.25) is 0 Å². The zero-order valence-corrected chi connectivity index (χ0v) is 11.9. The number of aliphatic carboxylic acids is 1. The number of fused-ring (bicyclic) bond motifs is 1. The van der Waals surface area contributed by atoms with Crippen LogP contribution in [0.5, 0.6) is 0 Å². The Morgan fingerprint density at radius 2 is 1.90 bits per heavy atom. The summed E-state index contributed by atoms with van der Waals surface area (Å²) in [6.45, 7) is -1.09. The van der Waals surface area contributed by atoms with Gasteiger partial charge in [0.25, 0.3) is 0 Å². The maximum Gasteiger partial charge on any atom is 0.411 e. The highest BCUT2D eigenvalue weighted by Gasteiger charge is 2.41. The number of likely N-dealkylation sites (tertiary alicyclic amines) is 1. The van der Waals surface area contributed by atoms with Crippen LogP contribution in [0.15, 0.2) is 0 Å². The van der Waals surface area contributed by atoms with Crippen LogP contribution in [0.3, 0.4) is 0 Å². The molecular weight excluding hydrogens is 287 g/mol. The molecule has 0 aromatic heterocycles. The van der Waals surface area contributed by atoms with Crippen molar-refractivity contribution >= 4 is 5.97 Å². The van der Waals surface area contributed by atoms with E-state index in [0.29, 0.717) is 12.3 Å². The average molecular weight is 309 g/mol. The molecule has 1 saturated carbocycles. The first-order chi connectivity index (χ1) is 9.88. The Labute approximate surface area is 122 Å². The Kier molecular flexibility index (Phi) is 5.48. The highest BCUT2D eigenvalue weighted by atomic mass is 19.4. The van der Waals surface area contributed by atoms with Gasteiger partial charge in [-0.05, 0) is 31.6 Å². The van der Waals surface area contributed by atoms with E-state index in [1.54, 1.807) is 0 Å². The van der Waals surface area contributed by atoms with Gasteiger partial charge in [-0.3, -0.25) is 9.69 Å². The summed E-state index contributed by atoms with van der Waals surface area (Å²) in [4.78, 5) is 13.2. The molecule has 1 N–H and O–H groups in total. The van der Waals surface area contributed by atoms with Crippen molar-refractivity contribution in [3.05, 3.63) is 0 Å². The topological polar surface area (TPSA) is 49.8 Å². The number of hydrogen-bond donors (Lipinski definition) is 1. The molecule has 0 aromatic rings. The molecule has 0 bridgehead atoms. The second-order valence-corrected chi connectivity index (χ2v) is 5.95. The predicted molar refractivity (Wildman–Crippen MR) is 70.0 cm³/mol. The third-order valence-corrected chi connectivity index (χ3v) is 4.55. The molecule has 1 heterocycles. The van der Waals surface area contributed by atoms with E-state index >= 15 is 0 Å². The average Bonchev–Trinajstić information content (AvgIpc) is 2.42. The molecule has 7 heteroatoms. The third kappa shape index (κ3) is 4.57. The molecule has 2 rings (SSSR count). The molecule has 122 valence electrons. The smallest absolute Gasteiger partial charge is 0.411 e. The van der Waals surface area contributed by atoms with Crippen molar-refractivity contribution in [1.82, 2.24) is 4.90 Å². The van der Waals surface area contributed by atoms with E-state index in [1.807, 2.05) is 4.90 Å². The van der Waals surface area contributed by atoms with Crippen LogP contribution in [0.4, 0.5) is 13.2 Å². The molecule has 2 fully saturated rings. The summed E-state index contributed by atoms with van der Waals surface area (Å²) in [5, 5.41) is 9.32. The summed E-state index contributed by atoms with van der Waals surface area (Å²) < 4.78 is 40.8. The number of carboxylic acid groups (broad SMARTS) is 1. The molecule has 3 atom stereocenters. The third-order valence-electron chi connectivity index (χ3n) is 4.55. The number of carbonyl (C=O) groups is 1. The van der Waals surface area contributed by atoms with Gasteiger partial charge >= 0.3 is 12.1 Å². The SMILES string of the molecule is O=C(O)C1CCC2CCCCC2N1CCOCC(F)(F)F. The van der Waals surface area contributed by atoms with Crippen LogP contribution in [-0.2, 0) is 9.53 Å². The largest absolute Gasteiger partial charge is 0.480 e. The lowest BCUT2D eigenvalue weighted by atomic mass is 9.76. The maximum absolute atomic E-state index is 12.1. The summed E-state index contributed by atoms with van der Waals surface area (Å²) in [7, 11) is 0. The Morgan fingerprint density at radius 1 is 1.19 bits per heavy atom. The molecule has 3 unspecified atom stereocenters. The van der Waals surface area contributed by atoms with Crippen LogP contribution < -0.4 is 0 Å². The van der Waals surface area contributed by atoms with E-state index in [4.69, 9.17) is 0 Å². The van der Waals surface area contributed by atoms with E-state index in [9.17, 15) is 23.1 Å². The summed E-state index contributed by atoms with van der Waals surface area (Å²) in [5.74, 6) is -0.396. The summed E-state index contributed by atoms with van der Waals surface area (Å²) in [5.41, 5.74) is 0. The van der Waals surface area contributed by atoms with Crippen molar-refractivity contribution < 1.29 is 27.8 Å². The van der Waals surface area contributed by atoms with Gasteiger partial charge in [-0.1, -0.05) is 12.8 Å².